The Morgan fingerprint density at radius 2 is 1.85 bits per heavy atom. The minimum atomic E-state index is -0.356. The van der Waals surface area contributed by atoms with Crippen molar-refractivity contribution in [2.45, 2.75) is 25.2 Å². The van der Waals surface area contributed by atoms with Gasteiger partial charge < -0.3 is 4.90 Å². The highest BCUT2D eigenvalue weighted by Gasteiger charge is 2.45. The van der Waals surface area contributed by atoms with Gasteiger partial charge in [-0.15, -0.1) is 0 Å². The molecule has 168 valence electrons. The van der Waals surface area contributed by atoms with Gasteiger partial charge in [-0.05, 0) is 77.5 Å². The molecule has 0 bridgehead atoms. The molecule has 1 unspecified atom stereocenters. The Labute approximate surface area is 203 Å². The van der Waals surface area contributed by atoms with Crippen LogP contribution in [0.4, 0.5) is 5.69 Å². The lowest BCUT2D eigenvalue weighted by atomic mass is 9.65. The highest BCUT2D eigenvalue weighted by Crippen LogP contribution is 2.54. The molecule has 5 rings (SSSR count). The number of fused-ring (bicyclic) bond motifs is 2. The number of rotatable bonds is 4. The average Bonchev–Trinajstić information content (AvgIpc) is 3.20. The number of allylic oxidation sites excluding steroid dienone is 13. The highest BCUT2D eigenvalue weighted by molar-refractivity contribution is 5.89. The van der Waals surface area contributed by atoms with E-state index < -0.39 is 0 Å². The molecule has 0 fully saturated rings. The van der Waals surface area contributed by atoms with Gasteiger partial charge in [-0.1, -0.05) is 91.6 Å². The molecule has 1 heterocycles. The summed E-state index contributed by atoms with van der Waals surface area (Å²) in [5.41, 5.74) is 9.55. The lowest BCUT2D eigenvalue weighted by molar-refractivity contribution is 0.745. The fraction of sp³-hybridized carbons (Fsp3) is 0.152. The number of nitrogens with zero attached hydrogens (tertiary/aromatic N) is 1. The normalized spacial score (nSPS) is 23.4. The molecular formula is C33H31N. The quantitative estimate of drug-likeness (QED) is 0.431. The minimum Gasteiger partial charge on any atom is -0.351 e. The van der Waals surface area contributed by atoms with Crippen molar-refractivity contribution in [3.63, 3.8) is 0 Å². The molecular weight excluding hydrogens is 410 g/mol. The fourth-order valence-corrected chi connectivity index (χ4v) is 5.38. The third kappa shape index (κ3) is 3.58. The Hall–Kier alpha value is -3.84. The monoisotopic (exact) mass is 441 g/mol. The Bertz CT molecular complexity index is 1320. The second-order valence-electron chi connectivity index (χ2n) is 9.03. The first-order valence-electron chi connectivity index (χ1n) is 12.1. The van der Waals surface area contributed by atoms with Crippen LogP contribution in [0.2, 0.25) is 0 Å². The van der Waals surface area contributed by atoms with Crippen LogP contribution in [0, 0.1) is 0 Å². The maximum atomic E-state index is 4.37. The summed E-state index contributed by atoms with van der Waals surface area (Å²) in [6.45, 7) is 6.42. The van der Waals surface area contributed by atoms with Crippen molar-refractivity contribution in [3.8, 4) is 0 Å². The van der Waals surface area contributed by atoms with Crippen molar-refractivity contribution in [1.29, 1.82) is 0 Å². The third-order valence-corrected chi connectivity index (χ3v) is 6.97. The molecule has 1 heteroatoms. The van der Waals surface area contributed by atoms with Crippen LogP contribution < -0.4 is 4.90 Å². The fourth-order valence-electron chi connectivity index (χ4n) is 5.38. The molecule has 1 aliphatic heterocycles. The zero-order chi connectivity index (χ0) is 23.5. The highest BCUT2D eigenvalue weighted by atomic mass is 15.1. The average molecular weight is 442 g/mol. The Balaban J connectivity index is 1.85. The van der Waals surface area contributed by atoms with Gasteiger partial charge in [0.25, 0.3) is 0 Å². The summed E-state index contributed by atoms with van der Waals surface area (Å²) in [5, 5.41) is 0. The van der Waals surface area contributed by atoms with E-state index in [0.29, 0.717) is 0 Å². The van der Waals surface area contributed by atoms with Crippen molar-refractivity contribution < 1.29 is 0 Å². The van der Waals surface area contributed by atoms with E-state index in [2.05, 4.69) is 141 Å². The lowest BCUT2D eigenvalue weighted by Gasteiger charge is -2.37. The largest absolute Gasteiger partial charge is 0.351 e. The Kier molecular flexibility index (Phi) is 5.94. The molecule has 0 spiro atoms. The van der Waals surface area contributed by atoms with Crippen molar-refractivity contribution >= 4 is 17.3 Å². The van der Waals surface area contributed by atoms with Crippen LogP contribution in [0.1, 0.15) is 42.0 Å². The van der Waals surface area contributed by atoms with E-state index in [-0.39, 0.29) is 5.41 Å². The molecule has 2 aromatic carbocycles. The van der Waals surface area contributed by atoms with Crippen molar-refractivity contribution in [2.24, 2.45) is 0 Å². The van der Waals surface area contributed by atoms with Crippen molar-refractivity contribution in [3.05, 3.63) is 149 Å². The maximum Gasteiger partial charge on any atom is 0.0705 e. The predicted octanol–water partition coefficient (Wildman–Crippen LogP) is 8.31. The topological polar surface area (TPSA) is 3.24 Å². The number of hydrogen-bond acceptors (Lipinski definition) is 1. The standard InChI is InChI=1S/C33H31N/c1-4-5-8-20-29-22-26-23-30-25(2)15-13-14-21-34(3)32(30)24-31(26)33(29,27-16-9-6-10-17-27)28-18-11-7-12-19-28/h4-6,8-11,13-24H,2,7,12H2,1,3H3/b5-4-,15-13-,20-8-,21-14-. The van der Waals surface area contributed by atoms with Crippen LogP contribution in [0.3, 0.4) is 0 Å². The predicted molar refractivity (Wildman–Crippen MR) is 148 cm³/mol. The summed E-state index contributed by atoms with van der Waals surface area (Å²) in [5.74, 6) is 0. The molecule has 2 aliphatic carbocycles. The van der Waals surface area contributed by atoms with Crippen molar-refractivity contribution in [1.82, 2.24) is 0 Å². The van der Waals surface area contributed by atoms with Gasteiger partial charge >= 0.3 is 0 Å². The zero-order valence-corrected chi connectivity index (χ0v) is 20.0. The molecule has 0 amide bonds. The number of benzene rings is 2. The van der Waals surface area contributed by atoms with Gasteiger partial charge in [-0.25, -0.2) is 0 Å². The minimum absolute atomic E-state index is 0.356. The SMILES string of the molecule is C=C1/C=C\C=C/N(C)c2cc3c(cc21)C=C(/C=C\C=C/C)C3(C1=CCCC=C1)c1ccccc1. The van der Waals surface area contributed by atoms with E-state index in [9.17, 15) is 0 Å². The van der Waals surface area contributed by atoms with Crippen molar-refractivity contribution in [2.75, 3.05) is 11.9 Å². The van der Waals surface area contributed by atoms with Gasteiger partial charge in [0.2, 0.25) is 0 Å². The van der Waals surface area contributed by atoms with Crippen LogP contribution in [0.5, 0.6) is 0 Å². The van der Waals surface area contributed by atoms with Crippen LogP contribution in [-0.2, 0) is 5.41 Å². The Morgan fingerprint density at radius 3 is 2.62 bits per heavy atom. The first kappa shape index (κ1) is 22.0. The molecule has 0 radical (unpaired) electrons. The second-order valence-corrected chi connectivity index (χ2v) is 9.03. The van der Waals surface area contributed by atoms with Gasteiger partial charge in [0, 0.05) is 24.5 Å². The number of anilines is 1. The molecule has 1 atom stereocenters. The van der Waals surface area contributed by atoms with E-state index in [1.54, 1.807) is 0 Å². The summed E-state index contributed by atoms with van der Waals surface area (Å²) < 4.78 is 0. The van der Waals surface area contributed by atoms with E-state index >= 15 is 0 Å². The van der Waals surface area contributed by atoms with E-state index in [4.69, 9.17) is 0 Å². The van der Waals surface area contributed by atoms with Crippen LogP contribution in [0.25, 0.3) is 11.6 Å². The second kappa shape index (κ2) is 9.19. The summed E-state index contributed by atoms with van der Waals surface area (Å²) in [4.78, 5) is 2.21. The molecule has 1 nitrogen and oxygen atoms in total. The summed E-state index contributed by atoms with van der Waals surface area (Å²) in [7, 11) is 2.12. The molecule has 3 aliphatic rings. The first-order valence-corrected chi connectivity index (χ1v) is 12.1. The van der Waals surface area contributed by atoms with Gasteiger partial charge in [-0.2, -0.15) is 0 Å². The van der Waals surface area contributed by atoms with Crippen LogP contribution >= 0.6 is 0 Å². The van der Waals surface area contributed by atoms with Gasteiger partial charge in [0.05, 0.1) is 5.41 Å². The zero-order valence-electron chi connectivity index (χ0n) is 20.0. The number of hydrogen-bond donors (Lipinski definition) is 0. The molecule has 2 aromatic rings. The molecule has 0 saturated carbocycles. The smallest absolute Gasteiger partial charge is 0.0705 e. The first-order chi connectivity index (χ1) is 16.7. The molecule has 34 heavy (non-hydrogen) atoms. The van der Waals surface area contributed by atoms with Gasteiger partial charge in [0.15, 0.2) is 0 Å². The summed E-state index contributed by atoms with van der Waals surface area (Å²) in [6.07, 6.45) is 28.6. The summed E-state index contributed by atoms with van der Waals surface area (Å²) >= 11 is 0. The third-order valence-electron chi connectivity index (χ3n) is 6.97. The molecule has 0 aromatic heterocycles. The van der Waals surface area contributed by atoms with Gasteiger partial charge in [0.1, 0.15) is 0 Å². The van der Waals surface area contributed by atoms with E-state index in [0.717, 1.165) is 18.4 Å². The maximum absolute atomic E-state index is 4.37. The van der Waals surface area contributed by atoms with Crippen LogP contribution in [-0.4, -0.2) is 7.05 Å². The molecule has 0 N–H and O–H groups in total. The summed E-state index contributed by atoms with van der Waals surface area (Å²) in [6, 6.07) is 15.7. The van der Waals surface area contributed by atoms with E-state index in [1.165, 1.54) is 39.1 Å². The van der Waals surface area contributed by atoms with Gasteiger partial charge in [-0.3, -0.25) is 0 Å². The van der Waals surface area contributed by atoms with E-state index in [1.807, 2.05) is 0 Å². The Morgan fingerprint density at radius 1 is 1.00 bits per heavy atom. The lowest BCUT2D eigenvalue weighted by Crippen LogP contribution is -2.30. The molecule has 0 saturated heterocycles. The van der Waals surface area contributed by atoms with Crippen LogP contribution in [0.15, 0.2) is 127 Å².